The first kappa shape index (κ1) is 18.7. The van der Waals surface area contributed by atoms with Crippen LogP contribution in [-0.4, -0.2) is 34.4 Å². The van der Waals surface area contributed by atoms with Gasteiger partial charge >= 0.3 is 6.18 Å². The number of benzene rings is 1. The molecule has 4 nitrogen and oxygen atoms in total. The summed E-state index contributed by atoms with van der Waals surface area (Å²) in [7, 11) is 0. The van der Waals surface area contributed by atoms with Crippen LogP contribution in [0.4, 0.5) is 18.9 Å². The predicted octanol–water partition coefficient (Wildman–Crippen LogP) is 3.72. The van der Waals surface area contributed by atoms with Crippen LogP contribution in [0.25, 0.3) is 0 Å². The number of halogens is 3. The molecule has 1 atom stereocenters. The second-order valence-corrected chi connectivity index (χ2v) is 8.40. The van der Waals surface area contributed by atoms with Crippen molar-refractivity contribution >= 4 is 11.6 Å². The number of aliphatic hydroxyl groups excluding tert-OH is 1. The lowest BCUT2D eigenvalue weighted by Crippen LogP contribution is -2.44. The molecule has 3 fully saturated rings. The molecule has 1 aromatic carbocycles. The average Bonchev–Trinajstić information content (AvgIpc) is 3.44. The van der Waals surface area contributed by atoms with E-state index in [-0.39, 0.29) is 11.5 Å². The smallest absolute Gasteiger partial charge is 0.390 e. The summed E-state index contributed by atoms with van der Waals surface area (Å²) in [6.07, 6.45) is -1.76. The maximum Gasteiger partial charge on any atom is 0.418 e. The van der Waals surface area contributed by atoms with Crippen molar-refractivity contribution in [3.05, 3.63) is 29.8 Å². The third-order valence-electron chi connectivity index (χ3n) is 6.75. The molecule has 3 aliphatic rings. The summed E-state index contributed by atoms with van der Waals surface area (Å²) < 4.78 is 37.9. The molecule has 148 valence electrons. The predicted molar refractivity (Wildman–Crippen MR) is 93.0 cm³/mol. The number of hydrogen-bond acceptors (Lipinski definition) is 3. The van der Waals surface area contributed by atoms with Gasteiger partial charge in [-0.15, -0.1) is 0 Å². The Hall–Kier alpha value is -1.60. The van der Waals surface area contributed by atoms with E-state index >= 15 is 0 Å². The van der Waals surface area contributed by atoms with Crippen LogP contribution in [-0.2, 0) is 4.79 Å². The van der Waals surface area contributed by atoms with Crippen molar-refractivity contribution in [2.45, 2.75) is 62.8 Å². The summed E-state index contributed by atoms with van der Waals surface area (Å²) in [5, 5.41) is 20.1. The van der Waals surface area contributed by atoms with Crippen LogP contribution >= 0.6 is 0 Å². The summed E-state index contributed by atoms with van der Waals surface area (Å²) in [6, 6.07) is 5.37. The van der Waals surface area contributed by atoms with E-state index in [1.807, 2.05) is 0 Å². The van der Waals surface area contributed by atoms with Crippen molar-refractivity contribution in [3.8, 4) is 0 Å². The lowest BCUT2D eigenvalue weighted by Gasteiger charge is -2.41. The summed E-state index contributed by atoms with van der Waals surface area (Å²) in [4.78, 5) is 14.7. The minimum absolute atomic E-state index is 0.00414. The zero-order valence-electron chi connectivity index (χ0n) is 15.0. The number of anilines is 1. The highest BCUT2D eigenvalue weighted by Crippen LogP contribution is 2.54. The Morgan fingerprint density at radius 3 is 2.15 bits per heavy atom. The van der Waals surface area contributed by atoms with Gasteiger partial charge < -0.3 is 15.1 Å². The molecule has 1 heterocycles. The topological polar surface area (TPSA) is 60.8 Å². The summed E-state index contributed by atoms with van der Waals surface area (Å²) in [6.45, 7) is 0.530. The number of hydrogen-bond donors (Lipinski definition) is 2. The average molecular weight is 383 g/mol. The molecule has 1 aliphatic heterocycles. The van der Waals surface area contributed by atoms with Gasteiger partial charge in [0.1, 0.15) is 0 Å². The van der Waals surface area contributed by atoms with E-state index in [9.17, 15) is 28.2 Å². The highest BCUT2D eigenvalue weighted by Gasteiger charge is 2.54. The fourth-order valence-corrected chi connectivity index (χ4v) is 4.75. The molecule has 0 unspecified atom stereocenters. The van der Waals surface area contributed by atoms with Gasteiger partial charge in [-0.1, -0.05) is 12.1 Å². The van der Waals surface area contributed by atoms with Gasteiger partial charge in [-0.05, 0) is 68.6 Å². The molecule has 1 saturated heterocycles. The first-order valence-electron chi connectivity index (χ1n) is 9.54. The van der Waals surface area contributed by atoms with E-state index in [1.165, 1.54) is 24.3 Å². The highest BCUT2D eigenvalue weighted by molar-refractivity contribution is 6.00. The number of amides is 1. The molecular weight excluding hydrogens is 359 g/mol. The van der Waals surface area contributed by atoms with Crippen LogP contribution < -0.4 is 4.90 Å². The molecule has 1 spiro atoms. The van der Waals surface area contributed by atoms with Gasteiger partial charge in [0.25, 0.3) is 0 Å². The van der Waals surface area contributed by atoms with Gasteiger partial charge in [0.05, 0.1) is 11.0 Å². The highest BCUT2D eigenvalue weighted by atomic mass is 19.4. The second kappa shape index (κ2) is 6.21. The van der Waals surface area contributed by atoms with Crippen LogP contribution in [0.15, 0.2) is 24.3 Å². The molecule has 1 aromatic rings. The minimum Gasteiger partial charge on any atom is -0.390 e. The van der Waals surface area contributed by atoms with Crippen molar-refractivity contribution in [2.75, 3.05) is 11.4 Å². The van der Waals surface area contributed by atoms with Crippen molar-refractivity contribution in [1.82, 2.24) is 0 Å². The lowest BCUT2D eigenvalue weighted by molar-refractivity contribution is -0.206. The monoisotopic (exact) mass is 383 g/mol. The minimum atomic E-state index is -4.71. The molecule has 0 bridgehead atoms. The first-order chi connectivity index (χ1) is 12.6. The van der Waals surface area contributed by atoms with Crippen LogP contribution in [0.2, 0.25) is 0 Å². The van der Waals surface area contributed by atoms with E-state index in [2.05, 4.69) is 0 Å². The third kappa shape index (κ3) is 3.25. The number of aliphatic hydroxyl groups is 2. The fraction of sp³-hybridized carbons (Fsp3) is 0.650. The number of carbonyl (C=O) groups excluding carboxylic acids is 1. The van der Waals surface area contributed by atoms with Crippen LogP contribution in [0.1, 0.15) is 56.6 Å². The molecule has 7 heteroatoms. The zero-order valence-corrected chi connectivity index (χ0v) is 15.0. The molecule has 2 saturated carbocycles. The Morgan fingerprint density at radius 2 is 1.63 bits per heavy atom. The van der Waals surface area contributed by atoms with Gasteiger partial charge in [-0.2, -0.15) is 13.2 Å². The number of nitrogens with zero attached hydrogens (tertiary/aromatic N) is 1. The van der Waals surface area contributed by atoms with Gasteiger partial charge in [0.2, 0.25) is 5.91 Å². The normalized spacial score (nSPS) is 32.9. The third-order valence-corrected chi connectivity index (χ3v) is 6.75. The molecule has 4 rings (SSSR count). The molecule has 1 amide bonds. The van der Waals surface area contributed by atoms with Crippen molar-refractivity contribution in [2.24, 2.45) is 11.3 Å². The standard InChI is InChI=1S/C20H24F3NO3/c21-20(22,23)16(25)13-1-5-15(6-2-13)24-12-11-18(17(24)26)7-9-19(27,10-8-18)14-3-4-14/h1-2,5-6,14,16,25,27H,3-4,7-12H2/t16-,18-,19+/m1/s1. The van der Waals surface area contributed by atoms with Crippen molar-refractivity contribution < 1.29 is 28.2 Å². The Morgan fingerprint density at radius 1 is 1.04 bits per heavy atom. The number of alkyl halides is 3. The van der Waals surface area contributed by atoms with Gasteiger partial charge in [-0.3, -0.25) is 4.79 Å². The second-order valence-electron chi connectivity index (χ2n) is 8.40. The Kier molecular flexibility index (Phi) is 4.31. The van der Waals surface area contributed by atoms with E-state index in [0.29, 0.717) is 50.3 Å². The van der Waals surface area contributed by atoms with E-state index in [1.54, 1.807) is 4.90 Å². The largest absolute Gasteiger partial charge is 0.418 e. The summed E-state index contributed by atoms with van der Waals surface area (Å²) in [5.41, 5.74) is -0.752. The summed E-state index contributed by atoms with van der Waals surface area (Å²) >= 11 is 0. The summed E-state index contributed by atoms with van der Waals surface area (Å²) in [5.74, 6) is 0.388. The maximum atomic E-state index is 13.1. The van der Waals surface area contributed by atoms with Gasteiger partial charge in [-0.25, -0.2) is 0 Å². The molecule has 0 aromatic heterocycles. The zero-order chi connectivity index (χ0) is 19.4. The fourth-order valence-electron chi connectivity index (χ4n) is 4.75. The van der Waals surface area contributed by atoms with Crippen molar-refractivity contribution in [3.63, 3.8) is 0 Å². The molecule has 0 radical (unpaired) electrons. The molecule has 2 N–H and O–H groups in total. The number of rotatable bonds is 3. The molecule has 2 aliphatic carbocycles. The quantitative estimate of drug-likeness (QED) is 0.836. The Bertz CT molecular complexity index is 719. The van der Waals surface area contributed by atoms with Crippen molar-refractivity contribution in [1.29, 1.82) is 0 Å². The molecule has 27 heavy (non-hydrogen) atoms. The Balaban J connectivity index is 1.46. The first-order valence-corrected chi connectivity index (χ1v) is 9.54. The van der Waals surface area contributed by atoms with Gasteiger partial charge in [0.15, 0.2) is 6.10 Å². The van der Waals surface area contributed by atoms with Gasteiger partial charge in [0, 0.05) is 12.2 Å². The molecular formula is C20H24F3NO3. The van der Waals surface area contributed by atoms with Crippen LogP contribution in [0, 0.1) is 11.3 Å². The van der Waals surface area contributed by atoms with E-state index in [4.69, 9.17) is 0 Å². The van der Waals surface area contributed by atoms with Crippen LogP contribution in [0.3, 0.4) is 0 Å². The van der Waals surface area contributed by atoms with E-state index in [0.717, 1.165) is 12.8 Å². The van der Waals surface area contributed by atoms with Crippen LogP contribution in [0.5, 0.6) is 0 Å². The maximum absolute atomic E-state index is 13.1. The Labute approximate surface area is 156 Å². The van der Waals surface area contributed by atoms with E-state index < -0.39 is 23.3 Å². The number of carbonyl (C=O) groups is 1. The SMILES string of the molecule is O=C1N(c2ccc([C@@H](O)C(F)(F)F)cc2)CC[C@]12CC[C@@](O)(C1CC1)CC2. The lowest BCUT2D eigenvalue weighted by atomic mass is 9.66.